The number of Topliss-reactive ketones (excluding diaryl/α,β-unsaturated/α-hetero) is 1. The molecule has 2 atom stereocenters. The van der Waals surface area contributed by atoms with Gasteiger partial charge in [-0.1, -0.05) is 25.1 Å². The first-order valence-electron chi connectivity index (χ1n) is 9.80. The summed E-state index contributed by atoms with van der Waals surface area (Å²) in [5, 5.41) is 9.47. The predicted octanol–water partition coefficient (Wildman–Crippen LogP) is 3.00. The monoisotopic (exact) mass is 397 g/mol. The lowest BCUT2D eigenvalue weighted by molar-refractivity contribution is -0.142. The molecule has 0 radical (unpaired) electrons. The van der Waals surface area contributed by atoms with Gasteiger partial charge in [0.05, 0.1) is 13.2 Å². The summed E-state index contributed by atoms with van der Waals surface area (Å²) in [7, 11) is 3.21. The first-order valence-corrected chi connectivity index (χ1v) is 9.80. The van der Waals surface area contributed by atoms with Gasteiger partial charge in [-0.15, -0.1) is 0 Å². The van der Waals surface area contributed by atoms with Crippen LogP contribution in [0, 0.1) is 5.92 Å². The minimum Gasteiger partial charge on any atom is -0.493 e. The van der Waals surface area contributed by atoms with E-state index >= 15 is 0 Å². The second kappa shape index (κ2) is 9.09. The highest BCUT2D eigenvalue weighted by atomic mass is 16.5. The van der Waals surface area contributed by atoms with Gasteiger partial charge in [0.1, 0.15) is 12.4 Å². The topological polar surface area (TPSA) is 76.1 Å². The van der Waals surface area contributed by atoms with Crippen molar-refractivity contribution >= 4 is 11.7 Å². The van der Waals surface area contributed by atoms with E-state index in [1.807, 2.05) is 43.3 Å². The molecule has 0 spiro atoms. The number of hydrogen-bond acceptors (Lipinski definition) is 5. The number of carbonyl (C=O) groups is 2. The van der Waals surface area contributed by atoms with Crippen LogP contribution < -0.4 is 9.47 Å². The maximum absolute atomic E-state index is 13.2. The van der Waals surface area contributed by atoms with Crippen LogP contribution in [0.5, 0.6) is 17.2 Å². The molecule has 6 heteroatoms. The number of aliphatic hydroxyl groups is 1. The molecular formula is C23H27NO5. The van der Waals surface area contributed by atoms with Crippen LogP contribution in [0.1, 0.15) is 24.5 Å². The zero-order valence-corrected chi connectivity index (χ0v) is 17.1. The third-order valence-corrected chi connectivity index (χ3v) is 5.48. The van der Waals surface area contributed by atoms with Crippen molar-refractivity contribution in [2.24, 2.45) is 5.92 Å². The number of aliphatic hydroxyl groups excluding tert-OH is 1. The quantitative estimate of drug-likeness (QED) is 0.858. The molecule has 0 aliphatic carbocycles. The standard InChI is InChI=1S/C23H27NO5/c1-4-17-11-15-5-8-18(9-6-15)29-22-13-16(7-10-21(22)28-3)12-19(20(26)14-25)24(2)23(17)27/h5-10,13,17,19,25H,4,11-12,14H2,1-3H3/t17-,19-/m0/s1. The third-order valence-electron chi connectivity index (χ3n) is 5.48. The van der Waals surface area contributed by atoms with Crippen molar-refractivity contribution in [3.63, 3.8) is 0 Å². The average Bonchev–Trinajstić information content (AvgIpc) is 2.75. The Morgan fingerprint density at radius 1 is 1.17 bits per heavy atom. The molecule has 2 aliphatic rings. The fourth-order valence-corrected chi connectivity index (χ4v) is 3.68. The fourth-order valence-electron chi connectivity index (χ4n) is 3.68. The molecule has 1 N–H and O–H groups in total. The number of ketones is 1. The van der Waals surface area contributed by atoms with Crippen molar-refractivity contribution < 1.29 is 24.2 Å². The van der Waals surface area contributed by atoms with Crippen LogP contribution in [-0.2, 0) is 22.4 Å². The van der Waals surface area contributed by atoms with Gasteiger partial charge in [-0.25, -0.2) is 0 Å². The van der Waals surface area contributed by atoms with Crippen LogP contribution in [0.15, 0.2) is 42.5 Å². The molecule has 1 amide bonds. The van der Waals surface area contributed by atoms with Gasteiger partial charge in [0, 0.05) is 19.4 Å². The molecule has 0 aromatic heterocycles. The van der Waals surface area contributed by atoms with Gasteiger partial charge in [-0.2, -0.15) is 0 Å². The Bertz CT molecular complexity index is 877. The molecular weight excluding hydrogens is 370 g/mol. The predicted molar refractivity (Wildman–Crippen MR) is 109 cm³/mol. The summed E-state index contributed by atoms with van der Waals surface area (Å²) in [5.74, 6) is 1.06. The number of ether oxygens (including phenoxy) is 2. The van der Waals surface area contributed by atoms with Crippen LogP contribution in [0.2, 0.25) is 0 Å². The van der Waals surface area contributed by atoms with Crippen molar-refractivity contribution in [1.29, 1.82) is 0 Å². The summed E-state index contributed by atoms with van der Waals surface area (Å²) in [6.07, 6.45) is 1.53. The molecule has 6 nitrogen and oxygen atoms in total. The molecule has 2 aromatic carbocycles. The summed E-state index contributed by atoms with van der Waals surface area (Å²) < 4.78 is 11.4. The number of amides is 1. The Labute approximate surface area is 171 Å². The van der Waals surface area contributed by atoms with Crippen LogP contribution >= 0.6 is 0 Å². The summed E-state index contributed by atoms with van der Waals surface area (Å²) >= 11 is 0. The number of fused-ring (bicyclic) bond motifs is 7. The second-order valence-corrected chi connectivity index (χ2v) is 7.33. The molecule has 29 heavy (non-hydrogen) atoms. The Kier molecular flexibility index (Phi) is 6.54. The molecule has 0 saturated heterocycles. The van der Waals surface area contributed by atoms with E-state index in [1.54, 1.807) is 20.2 Å². The number of nitrogens with zero attached hydrogens (tertiary/aromatic N) is 1. The lowest BCUT2D eigenvalue weighted by Gasteiger charge is -2.30. The van der Waals surface area contributed by atoms with Crippen molar-refractivity contribution in [3.8, 4) is 17.2 Å². The van der Waals surface area contributed by atoms with E-state index < -0.39 is 12.6 Å². The SMILES string of the molecule is CC[C@H]1Cc2ccc(cc2)Oc2cc(ccc2OC)C[C@@H](C(=O)CO)N(C)C1=O. The molecule has 154 valence electrons. The summed E-state index contributed by atoms with van der Waals surface area (Å²) in [4.78, 5) is 27.1. The number of benzene rings is 2. The van der Waals surface area contributed by atoms with Crippen molar-refractivity contribution in [2.45, 2.75) is 32.2 Å². The molecule has 0 fully saturated rings. The van der Waals surface area contributed by atoms with Gasteiger partial charge >= 0.3 is 0 Å². The van der Waals surface area contributed by atoms with Gasteiger partial charge in [0.15, 0.2) is 17.3 Å². The van der Waals surface area contributed by atoms with Crippen molar-refractivity contribution in [3.05, 3.63) is 53.6 Å². The highest BCUT2D eigenvalue weighted by Crippen LogP contribution is 2.33. The smallest absolute Gasteiger partial charge is 0.226 e. The highest BCUT2D eigenvalue weighted by molar-refractivity contribution is 5.90. The number of rotatable bonds is 4. The molecule has 2 heterocycles. The van der Waals surface area contributed by atoms with Gasteiger partial charge < -0.3 is 19.5 Å². The first kappa shape index (κ1) is 20.9. The zero-order chi connectivity index (χ0) is 21.0. The normalized spacial score (nSPS) is 19.4. The largest absolute Gasteiger partial charge is 0.493 e. The van der Waals surface area contributed by atoms with Gasteiger partial charge in [-0.3, -0.25) is 9.59 Å². The van der Waals surface area contributed by atoms with Gasteiger partial charge in [0.25, 0.3) is 0 Å². The second-order valence-electron chi connectivity index (χ2n) is 7.33. The van der Waals surface area contributed by atoms with E-state index in [-0.39, 0.29) is 24.0 Å². The zero-order valence-electron chi connectivity index (χ0n) is 17.1. The van der Waals surface area contributed by atoms with Crippen LogP contribution in [-0.4, -0.2) is 48.5 Å². The number of likely N-dealkylation sites (N-methyl/N-ethyl adjacent to an activating group) is 1. The Balaban J connectivity index is 2.09. The summed E-state index contributed by atoms with van der Waals surface area (Å²) in [6.45, 7) is 1.36. The van der Waals surface area contributed by atoms with E-state index in [1.165, 1.54) is 4.90 Å². The molecule has 2 aliphatic heterocycles. The van der Waals surface area contributed by atoms with Crippen LogP contribution in [0.4, 0.5) is 0 Å². The number of carbonyl (C=O) groups excluding carboxylic acids is 2. The lowest BCUT2D eigenvalue weighted by Crippen LogP contribution is -2.47. The molecule has 2 aromatic rings. The minimum absolute atomic E-state index is 0.0922. The number of methoxy groups -OCH3 is 1. The Morgan fingerprint density at radius 2 is 1.86 bits per heavy atom. The van der Waals surface area contributed by atoms with E-state index in [0.29, 0.717) is 30.1 Å². The molecule has 4 rings (SSSR count). The van der Waals surface area contributed by atoms with E-state index in [9.17, 15) is 14.7 Å². The molecule has 0 saturated carbocycles. The Morgan fingerprint density at radius 3 is 2.48 bits per heavy atom. The average molecular weight is 397 g/mol. The number of hydrogen-bond donors (Lipinski definition) is 1. The van der Waals surface area contributed by atoms with Crippen molar-refractivity contribution in [1.82, 2.24) is 4.90 Å². The van der Waals surface area contributed by atoms with Gasteiger partial charge in [-0.05, 0) is 48.2 Å². The summed E-state index contributed by atoms with van der Waals surface area (Å²) in [6, 6.07) is 12.3. The van der Waals surface area contributed by atoms with E-state index in [2.05, 4.69) is 0 Å². The van der Waals surface area contributed by atoms with Crippen LogP contribution in [0.3, 0.4) is 0 Å². The summed E-state index contributed by atoms with van der Waals surface area (Å²) in [5.41, 5.74) is 1.84. The molecule has 4 bridgehead atoms. The van der Waals surface area contributed by atoms with Crippen LogP contribution in [0.25, 0.3) is 0 Å². The van der Waals surface area contributed by atoms with Crippen molar-refractivity contribution in [2.75, 3.05) is 20.8 Å². The maximum atomic E-state index is 13.2. The fraction of sp³-hybridized carbons (Fsp3) is 0.391. The highest BCUT2D eigenvalue weighted by Gasteiger charge is 2.31. The molecule has 0 unspecified atom stereocenters. The van der Waals surface area contributed by atoms with Gasteiger partial charge in [0.2, 0.25) is 5.91 Å². The minimum atomic E-state index is -0.744. The lowest BCUT2D eigenvalue weighted by atomic mass is 9.93. The van der Waals surface area contributed by atoms with E-state index in [0.717, 1.165) is 11.1 Å². The van der Waals surface area contributed by atoms with E-state index in [4.69, 9.17) is 9.47 Å². The first-order chi connectivity index (χ1) is 14.0. The third kappa shape index (κ3) is 4.59. The Hall–Kier alpha value is -2.86. The maximum Gasteiger partial charge on any atom is 0.226 e.